The van der Waals surface area contributed by atoms with Gasteiger partial charge in [-0.05, 0) is 37.6 Å². The highest BCUT2D eigenvalue weighted by atomic mass is 35.5. The SMILES string of the molecule is CC.CC(C)(O)c1cccc2cncc(N)c12.Nc1cnc2ccc(Cl)cc2c1C1(O)COC1. The van der Waals surface area contributed by atoms with E-state index in [2.05, 4.69) is 9.97 Å². The van der Waals surface area contributed by atoms with Crippen LogP contribution in [0.4, 0.5) is 11.4 Å². The highest BCUT2D eigenvalue weighted by molar-refractivity contribution is 6.31. The quantitative estimate of drug-likeness (QED) is 0.324. The predicted molar refractivity (Wildman–Crippen MR) is 139 cm³/mol. The lowest BCUT2D eigenvalue weighted by Crippen LogP contribution is -2.47. The molecule has 0 spiro atoms. The fourth-order valence-corrected chi connectivity index (χ4v) is 4.08. The number of aliphatic hydroxyl groups is 2. The second-order valence-electron chi connectivity index (χ2n) is 8.47. The molecule has 0 aliphatic carbocycles. The zero-order valence-corrected chi connectivity index (χ0v) is 20.6. The first-order chi connectivity index (χ1) is 16.1. The van der Waals surface area contributed by atoms with Crippen LogP contribution in [0.15, 0.2) is 55.0 Å². The van der Waals surface area contributed by atoms with E-state index in [4.69, 9.17) is 27.8 Å². The lowest BCUT2D eigenvalue weighted by atomic mass is 9.88. The van der Waals surface area contributed by atoms with E-state index in [0.29, 0.717) is 22.0 Å². The van der Waals surface area contributed by atoms with Gasteiger partial charge in [-0.25, -0.2) is 0 Å². The molecule has 0 radical (unpaired) electrons. The Morgan fingerprint density at radius 1 is 1.03 bits per heavy atom. The van der Waals surface area contributed by atoms with Crippen LogP contribution < -0.4 is 11.5 Å². The number of ether oxygens (including phenoxy) is 1. The van der Waals surface area contributed by atoms with Crippen molar-refractivity contribution in [3.05, 3.63) is 71.1 Å². The van der Waals surface area contributed by atoms with Crippen molar-refractivity contribution in [2.24, 2.45) is 0 Å². The Bertz CT molecular complexity index is 1290. The fraction of sp³-hybridized carbons (Fsp3) is 0.308. The van der Waals surface area contributed by atoms with Crippen molar-refractivity contribution in [1.29, 1.82) is 0 Å². The molecule has 4 aromatic rings. The van der Waals surface area contributed by atoms with Gasteiger partial charge in [-0.3, -0.25) is 9.97 Å². The number of benzene rings is 2. The third-order valence-electron chi connectivity index (χ3n) is 5.48. The summed E-state index contributed by atoms with van der Waals surface area (Å²) in [6.07, 6.45) is 4.92. The summed E-state index contributed by atoms with van der Waals surface area (Å²) in [6.45, 7) is 8.01. The van der Waals surface area contributed by atoms with E-state index in [1.807, 2.05) is 38.1 Å². The molecule has 5 rings (SSSR count). The molecule has 3 heterocycles. The monoisotopic (exact) mass is 482 g/mol. The van der Waals surface area contributed by atoms with Gasteiger partial charge >= 0.3 is 0 Å². The van der Waals surface area contributed by atoms with Gasteiger partial charge < -0.3 is 26.4 Å². The number of nitrogen functional groups attached to an aromatic ring is 2. The summed E-state index contributed by atoms with van der Waals surface area (Å²) >= 11 is 5.97. The fourth-order valence-electron chi connectivity index (χ4n) is 3.91. The highest BCUT2D eigenvalue weighted by Gasteiger charge is 2.41. The molecule has 0 atom stereocenters. The van der Waals surface area contributed by atoms with Crippen molar-refractivity contribution in [2.45, 2.75) is 38.9 Å². The van der Waals surface area contributed by atoms with Crippen LogP contribution in [0.3, 0.4) is 0 Å². The van der Waals surface area contributed by atoms with Gasteiger partial charge in [-0.2, -0.15) is 0 Å². The number of rotatable bonds is 2. The van der Waals surface area contributed by atoms with E-state index >= 15 is 0 Å². The Kier molecular flexibility index (Phi) is 7.63. The Morgan fingerprint density at radius 3 is 2.35 bits per heavy atom. The summed E-state index contributed by atoms with van der Waals surface area (Å²) in [5.74, 6) is 0. The normalized spacial score (nSPS) is 14.4. The van der Waals surface area contributed by atoms with Gasteiger partial charge in [-0.15, -0.1) is 0 Å². The molecule has 0 saturated carbocycles. The van der Waals surface area contributed by atoms with Crippen molar-refractivity contribution in [1.82, 2.24) is 9.97 Å². The Morgan fingerprint density at radius 2 is 1.74 bits per heavy atom. The van der Waals surface area contributed by atoms with Crippen molar-refractivity contribution in [3.8, 4) is 0 Å². The molecule has 7 nitrogen and oxygen atoms in total. The predicted octanol–water partition coefficient (Wildman–Crippen LogP) is 4.76. The van der Waals surface area contributed by atoms with E-state index in [1.165, 1.54) is 0 Å². The molecule has 1 saturated heterocycles. The van der Waals surface area contributed by atoms with Crippen molar-refractivity contribution >= 4 is 44.7 Å². The van der Waals surface area contributed by atoms with Crippen LogP contribution in [-0.4, -0.2) is 33.4 Å². The molecule has 180 valence electrons. The van der Waals surface area contributed by atoms with Crippen LogP contribution in [-0.2, 0) is 15.9 Å². The van der Waals surface area contributed by atoms with E-state index in [0.717, 1.165) is 27.2 Å². The number of anilines is 2. The number of pyridine rings is 2. The summed E-state index contributed by atoms with van der Waals surface area (Å²) in [5, 5.41) is 23.6. The zero-order valence-electron chi connectivity index (χ0n) is 19.8. The molecular weight excluding hydrogens is 452 g/mol. The summed E-state index contributed by atoms with van der Waals surface area (Å²) in [5.41, 5.74) is 13.2. The standard InChI is InChI=1S/C12H11ClN2O2.C12H14N2O.C2H6/c13-7-1-2-10-8(3-7)11(9(14)4-15-10)12(16)5-17-6-12;1-12(2,15)9-5-3-4-8-6-14-7-10(13)11(8)9;1-2/h1-4,16H,5-6,14H2;3-7,15H,13H2,1-2H3;1-2H3. The van der Waals surface area contributed by atoms with Gasteiger partial charge in [0.15, 0.2) is 0 Å². The maximum absolute atomic E-state index is 10.4. The molecule has 1 aliphatic heterocycles. The molecule has 34 heavy (non-hydrogen) atoms. The Hall–Kier alpha value is -2.97. The van der Waals surface area contributed by atoms with Gasteiger partial charge in [0.25, 0.3) is 0 Å². The van der Waals surface area contributed by atoms with Crippen LogP contribution in [0.2, 0.25) is 5.02 Å². The molecule has 2 aromatic heterocycles. The van der Waals surface area contributed by atoms with Gasteiger partial charge in [0.2, 0.25) is 0 Å². The number of hydrogen-bond donors (Lipinski definition) is 4. The smallest absolute Gasteiger partial charge is 0.139 e. The summed E-state index contributed by atoms with van der Waals surface area (Å²) < 4.78 is 5.07. The summed E-state index contributed by atoms with van der Waals surface area (Å²) in [6, 6.07) is 11.1. The van der Waals surface area contributed by atoms with Crippen LogP contribution in [0.1, 0.15) is 38.8 Å². The Balaban J connectivity index is 0.000000179. The van der Waals surface area contributed by atoms with Gasteiger partial charge in [0, 0.05) is 32.9 Å². The largest absolute Gasteiger partial charge is 0.397 e. The second-order valence-corrected chi connectivity index (χ2v) is 8.90. The molecule has 1 aliphatic rings. The first-order valence-electron chi connectivity index (χ1n) is 11.1. The average molecular weight is 483 g/mol. The summed E-state index contributed by atoms with van der Waals surface area (Å²) in [7, 11) is 0. The van der Waals surface area contributed by atoms with E-state index < -0.39 is 11.2 Å². The molecule has 0 bridgehead atoms. The van der Waals surface area contributed by atoms with E-state index in [1.54, 1.807) is 44.6 Å². The molecule has 6 N–H and O–H groups in total. The lowest BCUT2D eigenvalue weighted by molar-refractivity contribution is -0.183. The van der Waals surface area contributed by atoms with Gasteiger partial charge in [0.05, 0.1) is 48.1 Å². The van der Waals surface area contributed by atoms with Gasteiger partial charge in [0.1, 0.15) is 5.60 Å². The number of hydrogen-bond acceptors (Lipinski definition) is 7. The molecule has 2 aromatic carbocycles. The maximum Gasteiger partial charge on any atom is 0.139 e. The molecule has 0 amide bonds. The van der Waals surface area contributed by atoms with Crippen molar-refractivity contribution < 1.29 is 14.9 Å². The number of nitrogens with zero attached hydrogens (tertiary/aromatic N) is 2. The lowest BCUT2D eigenvalue weighted by Gasteiger charge is -2.38. The number of aromatic nitrogens is 2. The third kappa shape index (κ3) is 5.08. The van der Waals surface area contributed by atoms with Crippen LogP contribution in [0, 0.1) is 0 Å². The molecule has 0 unspecified atom stereocenters. The van der Waals surface area contributed by atoms with Crippen LogP contribution in [0.25, 0.3) is 21.7 Å². The van der Waals surface area contributed by atoms with Gasteiger partial charge in [-0.1, -0.05) is 43.6 Å². The first kappa shape index (κ1) is 25.6. The minimum Gasteiger partial charge on any atom is -0.397 e. The Labute approximate surface area is 204 Å². The molecule has 1 fully saturated rings. The molecular formula is C26H31ClN4O3. The topological polar surface area (TPSA) is 128 Å². The highest BCUT2D eigenvalue weighted by Crippen LogP contribution is 2.38. The third-order valence-corrected chi connectivity index (χ3v) is 5.71. The average Bonchev–Trinajstić information content (AvgIpc) is 2.78. The molecule has 8 heteroatoms. The zero-order chi connectivity index (χ0) is 25.1. The minimum atomic E-state index is -1.02. The maximum atomic E-state index is 10.4. The van der Waals surface area contributed by atoms with E-state index in [-0.39, 0.29) is 13.2 Å². The van der Waals surface area contributed by atoms with Crippen molar-refractivity contribution in [2.75, 3.05) is 24.7 Å². The first-order valence-corrected chi connectivity index (χ1v) is 11.5. The van der Waals surface area contributed by atoms with E-state index in [9.17, 15) is 10.2 Å². The van der Waals surface area contributed by atoms with Crippen molar-refractivity contribution in [3.63, 3.8) is 0 Å². The minimum absolute atomic E-state index is 0.253. The number of fused-ring (bicyclic) bond motifs is 2. The number of nitrogens with two attached hydrogens (primary N) is 2. The second kappa shape index (κ2) is 10.1. The van der Waals surface area contributed by atoms with Crippen LogP contribution in [0.5, 0.6) is 0 Å². The van der Waals surface area contributed by atoms with Crippen LogP contribution >= 0.6 is 11.6 Å². The summed E-state index contributed by atoms with van der Waals surface area (Å²) in [4.78, 5) is 8.25. The number of halogens is 1.